The highest BCUT2D eigenvalue weighted by atomic mass is 19.1. The monoisotopic (exact) mass is 356 g/mol. The largest absolute Gasteiger partial charge is 0.349 e. The lowest BCUT2D eigenvalue weighted by molar-refractivity contribution is -0.122. The molecule has 0 spiro atoms. The molecule has 0 aliphatic carbocycles. The molecule has 3 rings (SSSR count). The van der Waals surface area contributed by atoms with Gasteiger partial charge in [-0.15, -0.1) is 0 Å². The Morgan fingerprint density at radius 3 is 2.50 bits per heavy atom. The second kappa shape index (κ2) is 7.07. The van der Waals surface area contributed by atoms with Crippen molar-refractivity contribution in [1.29, 1.82) is 0 Å². The summed E-state index contributed by atoms with van der Waals surface area (Å²) in [6, 6.07) is 11.5. The molecule has 0 bridgehead atoms. The van der Waals surface area contributed by atoms with Crippen LogP contribution in [0.1, 0.15) is 36.9 Å². The van der Waals surface area contributed by atoms with Gasteiger partial charge in [-0.25, -0.2) is 8.78 Å². The number of fused-ring (bicyclic) bond motifs is 1. The Morgan fingerprint density at radius 1 is 1.04 bits per heavy atom. The molecular formula is C20H18F2N2O2. The standard InChI is InChI=1S/C20H18F2N2O2/c1-11(16-9-13-5-3-4-6-18(13)24-20(16)26)19(25)23-12(2)15-8-7-14(21)10-17(15)22/h3-12H,1-2H3,(H,23,25)(H,24,26)/t11?,12-/m0/s1. The summed E-state index contributed by atoms with van der Waals surface area (Å²) in [4.78, 5) is 27.6. The minimum absolute atomic E-state index is 0.180. The third-order valence-electron chi connectivity index (χ3n) is 4.43. The van der Waals surface area contributed by atoms with Crippen molar-refractivity contribution in [2.24, 2.45) is 0 Å². The Morgan fingerprint density at radius 2 is 1.77 bits per heavy atom. The van der Waals surface area contributed by atoms with Gasteiger partial charge in [-0.1, -0.05) is 24.3 Å². The minimum atomic E-state index is -0.728. The topological polar surface area (TPSA) is 62.0 Å². The Labute approximate surface area is 148 Å². The van der Waals surface area contributed by atoms with E-state index in [0.29, 0.717) is 11.1 Å². The van der Waals surface area contributed by atoms with E-state index in [-0.39, 0.29) is 11.1 Å². The van der Waals surface area contributed by atoms with Crippen LogP contribution in [0.4, 0.5) is 8.78 Å². The van der Waals surface area contributed by atoms with Crippen LogP contribution in [0.5, 0.6) is 0 Å². The number of H-pyrrole nitrogens is 1. The van der Waals surface area contributed by atoms with E-state index in [4.69, 9.17) is 0 Å². The average Bonchev–Trinajstić information content (AvgIpc) is 2.60. The van der Waals surface area contributed by atoms with Crippen molar-refractivity contribution in [2.75, 3.05) is 0 Å². The molecule has 0 saturated heterocycles. The number of aromatic amines is 1. The molecular weight excluding hydrogens is 338 g/mol. The van der Waals surface area contributed by atoms with E-state index in [9.17, 15) is 18.4 Å². The van der Waals surface area contributed by atoms with Gasteiger partial charge in [0.25, 0.3) is 5.56 Å². The van der Waals surface area contributed by atoms with Crippen LogP contribution in [0.25, 0.3) is 10.9 Å². The van der Waals surface area contributed by atoms with Crippen LogP contribution in [0.3, 0.4) is 0 Å². The highest BCUT2D eigenvalue weighted by Crippen LogP contribution is 2.21. The maximum absolute atomic E-state index is 13.9. The number of hydrogen-bond donors (Lipinski definition) is 2. The molecule has 3 aromatic rings. The zero-order valence-electron chi connectivity index (χ0n) is 14.3. The van der Waals surface area contributed by atoms with Gasteiger partial charge in [-0.2, -0.15) is 0 Å². The molecule has 1 aromatic heterocycles. The van der Waals surface area contributed by atoms with Gasteiger partial charge in [0.15, 0.2) is 0 Å². The maximum Gasteiger partial charge on any atom is 0.252 e. The van der Waals surface area contributed by atoms with Gasteiger partial charge in [0.2, 0.25) is 5.91 Å². The summed E-state index contributed by atoms with van der Waals surface area (Å²) in [6.07, 6.45) is 0. The lowest BCUT2D eigenvalue weighted by Crippen LogP contribution is -2.33. The number of nitrogens with one attached hydrogen (secondary N) is 2. The summed E-state index contributed by atoms with van der Waals surface area (Å²) in [7, 11) is 0. The number of aromatic nitrogens is 1. The fourth-order valence-corrected chi connectivity index (χ4v) is 2.90. The molecule has 1 unspecified atom stereocenters. The summed E-state index contributed by atoms with van der Waals surface area (Å²) in [5.41, 5.74) is 0.856. The summed E-state index contributed by atoms with van der Waals surface area (Å²) in [6.45, 7) is 3.22. The maximum atomic E-state index is 13.9. The van der Waals surface area contributed by atoms with E-state index in [1.807, 2.05) is 18.2 Å². The Bertz CT molecular complexity index is 1030. The van der Waals surface area contributed by atoms with Crippen LogP contribution < -0.4 is 10.9 Å². The lowest BCUT2D eigenvalue weighted by atomic mass is 9.99. The average molecular weight is 356 g/mol. The molecule has 26 heavy (non-hydrogen) atoms. The van der Waals surface area contributed by atoms with Gasteiger partial charge in [0, 0.05) is 22.7 Å². The molecule has 2 N–H and O–H groups in total. The van der Waals surface area contributed by atoms with E-state index >= 15 is 0 Å². The number of carbonyl (C=O) groups excluding carboxylic acids is 1. The lowest BCUT2D eigenvalue weighted by Gasteiger charge is -2.18. The highest BCUT2D eigenvalue weighted by molar-refractivity contribution is 5.86. The van der Waals surface area contributed by atoms with E-state index in [2.05, 4.69) is 10.3 Å². The van der Waals surface area contributed by atoms with Gasteiger partial charge in [-0.05, 0) is 37.4 Å². The third-order valence-corrected chi connectivity index (χ3v) is 4.43. The van der Waals surface area contributed by atoms with Gasteiger partial charge in [0.05, 0.1) is 12.0 Å². The fraction of sp³-hybridized carbons (Fsp3) is 0.200. The first-order chi connectivity index (χ1) is 12.4. The summed E-state index contributed by atoms with van der Waals surface area (Å²) in [5, 5.41) is 3.49. The molecule has 1 heterocycles. The summed E-state index contributed by atoms with van der Waals surface area (Å²) in [5.74, 6) is -2.55. The van der Waals surface area contributed by atoms with Gasteiger partial charge in [0.1, 0.15) is 11.6 Å². The van der Waals surface area contributed by atoms with Crippen molar-refractivity contribution in [2.45, 2.75) is 25.8 Å². The number of carbonyl (C=O) groups is 1. The smallest absolute Gasteiger partial charge is 0.252 e. The number of halogens is 2. The van der Waals surface area contributed by atoms with Crippen molar-refractivity contribution in [1.82, 2.24) is 10.3 Å². The van der Waals surface area contributed by atoms with Crippen molar-refractivity contribution in [3.8, 4) is 0 Å². The van der Waals surface area contributed by atoms with Crippen LogP contribution in [0, 0.1) is 11.6 Å². The van der Waals surface area contributed by atoms with Crippen molar-refractivity contribution in [3.05, 3.63) is 81.6 Å². The molecule has 4 nitrogen and oxygen atoms in total. The second-order valence-electron chi connectivity index (χ2n) is 6.26. The number of benzene rings is 2. The summed E-state index contributed by atoms with van der Waals surface area (Å²) < 4.78 is 26.9. The number of pyridine rings is 1. The zero-order chi connectivity index (χ0) is 18.8. The van der Waals surface area contributed by atoms with Crippen LogP contribution in [0.2, 0.25) is 0 Å². The number of rotatable bonds is 4. The first kappa shape index (κ1) is 17.8. The molecule has 2 atom stereocenters. The van der Waals surface area contributed by atoms with E-state index in [1.165, 1.54) is 6.07 Å². The molecule has 0 aliphatic rings. The molecule has 6 heteroatoms. The van der Waals surface area contributed by atoms with E-state index in [1.54, 1.807) is 26.0 Å². The Balaban J connectivity index is 1.83. The molecule has 0 aliphatic heterocycles. The normalized spacial score (nSPS) is 13.4. The van der Waals surface area contributed by atoms with Crippen LogP contribution in [-0.4, -0.2) is 10.9 Å². The van der Waals surface area contributed by atoms with E-state index in [0.717, 1.165) is 17.5 Å². The molecule has 0 fully saturated rings. The number of para-hydroxylation sites is 1. The zero-order valence-corrected chi connectivity index (χ0v) is 14.3. The number of amides is 1. The fourth-order valence-electron chi connectivity index (χ4n) is 2.90. The second-order valence-corrected chi connectivity index (χ2v) is 6.26. The molecule has 1 amide bonds. The van der Waals surface area contributed by atoms with Crippen LogP contribution in [0.15, 0.2) is 53.3 Å². The van der Waals surface area contributed by atoms with Crippen LogP contribution in [-0.2, 0) is 4.79 Å². The van der Waals surface area contributed by atoms with Crippen molar-refractivity contribution < 1.29 is 13.6 Å². The van der Waals surface area contributed by atoms with Gasteiger partial charge in [-0.3, -0.25) is 9.59 Å². The molecule has 134 valence electrons. The van der Waals surface area contributed by atoms with Crippen LogP contribution >= 0.6 is 0 Å². The quantitative estimate of drug-likeness (QED) is 0.747. The number of hydrogen-bond acceptors (Lipinski definition) is 2. The molecule has 2 aromatic carbocycles. The van der Waals surface area contributed by atoms with Gasteiger partial charge >= 0.3 is 0 Å². The van der Waals surface area contributed by atoms with Crippen molar-refractivity contribution in [3.63, 3.8) is 0 Å². The van der Waals surface area contributed by atoms with E-state index < -0.39 is 29.5 Å². The third kappa shape index (κ3) is 3.49. The Kier molecular flexibility index (Phi) is 4.84. The SMILES string of the molecule is CC(C(=O)N[C@@H](C)c1ccc(F)cc1F)c1cc2ccccc2[nH]c1=O. The summed E-state index contributed by atoms with van der Waals surface area (Å²) >= 11 is 0. The minimum Gasteiger partial charge on any atom is -0.349 e. The molecule has 0 radical (unpaired) electrons. The molecule has 0 saturated carbocycles. The first-order valence-electron chi connectivity index (χ1n) is 8.24. The van der Waals surface area contributed by atoms with Gasteiger partial charge < -0.3 is 10.3 Å². The predicted molar refractivity (Wildman–Crippen MR) is 95.9 cm³/mol. The first-order valence-corrected chi connectivity index (χ1v) is 8.24. The van der Waals surface area contributed by atoms with Crippen molar-refractivity contribution >= 4 is 16.8 Å². The Hall–Kier alpha value is -3.02. The highest BCUT2D eigenvalue weighted by Gasteiger charge is 2.22. The predicted octanol–water partition coefficient (Wildman–Crippen LogP) is 3.79.